The molecule has 2 aliphatic heterocycles. The van der Waals surface area contributed by atoms with Gasteiger partial charge in [-0.3, -0.25) is 4.79 Å². The molecule has 0 aromatic heterocycles. The van der Waals surface area contributed by atoms with Crippen LogP contribution in [0.3, 0.4) is 0 Å². The first kappa shape index (κ1) is 13.7. The highest BCUT2D eigenvalue weighted by Crippen LogP contribution is 2.23. The molecule has 1 amide bonds. The number of carbonyl (C=O) groups is 1. The number of nitrogens with zero attached hydrogens (tertiary/aromatic N) is 1. The van der Waals surface area contributed by atoms with Crippen molar-refractivity contribution >= 4 is 5.91 Å². The molecule has 2 aliphatic rings. The fourth-order valence-electron chi connectivity index (χ4n) is 2.30. The average molecular weight is 260 g/mol. The summed E-state index contributed by atoms with van der Waals surface area (Å²) in [5.41, 5.74) is 5.41. The maximum atomic E-state index is 12.0. The van der Waals surface area contributed by atoms with Crippen molar-refractivity contribution in [1.29, 1.82) is 0 Å². The number of hydrogen-bond donors (Lipinski definition) is 3. The van der Waals surface area contributed by atoms with Gasteiger partial charge in [-0.15, -0.1) is 0 Å². The van der Waals surface area contributed by atoms with Gasteiger partial charge in [0.15, 0.2) is 0 Å². The van der Waals surface area contributed by atoms with Crippen molar-refractivity contribution in [2.75, 3.05) is 32.8 Å². The van der Waals surface area contributed by atoms with E-state index in [0.29, 0.717) is 26.3 Å². The Hall–Kier alpha value is -0.730. The zero-order valence-corrected chi connectivity index (χ0v) is 10.2. The van der Waals surface area contributed by atoms with Gasteiger partial charge in [-0.05, 0) is 0 Å². The SMILES string of the molecule is NC[C@H]1O[C@H](CC(=O)N2CCOCC2)[C@@H](O)[C@@H]1O. The number of morpholine rings is 1. The lowest BCUT2D eigenvalue weighted by Crippen LogP contribution is -2.43. The minimum Gasteiger partial charge on any atom is -0.388 e. The monoisotopic (exact) mass is 260 g/mol. The second-order valence-corrected chi connectivity index (χ2v) is 4.63. The summed E-state index contributed by atoms with van der Waals surface area (Å²) in [4.78, 5) is 13.6. The molecular weight excluding hydrogens is 240 g/mol. The molecule has 18 heavy (non-hydrogen) atoms. The van der Waals surface area contributed by atoms with Gasteiger partial charge in [0, 0.05) is 19.6 Å². The van der Waals surface area contributed by atoms with E-state index in [-0.39, 0.29) is 18.9 Å². The molecule has 0 radical (unpaired) electrons. The maximum Gasteiger partial charge on any atom is 0.225 e. The van der Waals surface area contributed by atoms with Crippen LogP contribution >= 0.6 is 0 Å². The lowest BCUT2D eigenvalue weighted by atomic mass is 10.1. The average Bonchev–Trinajstić information content (AvgIpc) is 2.67. The predicted octanol–water partition coefficient (Wildman–Crippen LogP) is -2.32. The molecule has 104 valence electrons. The van der Waals surface area contributed by atoms with Gasteiger partial charge in [0.25, 0.3) is 0 Å². The first-order valence-electron chi connectivity index (χ1n) is 6.20. The third-order valence-electron chi connectivity index (χ3n) is 3.43. The van der Waals surface area contributed by atoms with Crippen LogP contribution in [0, 0.1) is 0 Å². The Labute approximate surface area is 105 Å². The summed E-state index contributed by atoms with van der Waals surface area (Å²) in [6.07, 6.45) is -3.28. The van der Waals surface area contributed by atoms with E-state index < -0.39 is 24.4 Å². The number of hydrogen-bond acceptors (Lipinski definition) is 6. The minimum absolute atomic E-state index is 0.0642. The number of aliphatic hydroxyl groups is 2. The van der Waals surface area contributed by atoms with Crippen molar-refractivity contribution in [3.63, 3.8) is 0 Å². The normalized spacial score (nSPS) is 36.9. The van der Waals surface area contributed by atoms with E-state index in [0.717, 1.165) is 0 Å². The number of ether oxygens (including phenoxy) is 2. The van der Waals surface area contributed by atoms with E-state index in [1.165, 1.54) is 0 Å². The van der Waals surface area contributed by atoms with E-state index in [1.54, 1.807) is 4.90 Å². The Morgan fingerprint density at radius 3 is 2.39 bits per heavy atom. The molecule has 7 nitrogen and oxygen atoms in total. The van der Waals surface area contributed by atoms with Gasteiger partial charge in [0.2, 0.25) is 5.91 Å². The summed E-state index contributed by atoms with van der Waals surface area (Å²) < 4.78 is 10.6. The standard InChI is InChI=1S/C11H20N2O5/c12-6-8-11(16)10(15)7(18-8)5-9(14)13-1-3-17-4-2-13/h7-8,10-11,15-16H,1-6,12H2/t7-,8-,10-,11-/m1/s1. The molecule has 0 bridgehead atoms. The number of carbonyl (C=O) groups excluding carboxylic acids is 1. The molecule has 0 spiro atoms. The highest BCUT2D eigenvalue weighted by Gasteiger charge is 2.43. The molecule has 2 fully saturated rings. The summed E-state index contributed by atoms with van der Waals surface area (Å²) in [5.74, 6) is -0.0905. The molecule has 2 saturated heterocycles. The Morgan fingerprint density at radius 2 is 1.83 bits per heavy atom. The Kier molecular flexibility index (Phi) is 4.52. The van der Waals surface area contributed by atoms with E-state index in [9.17, 15) is 15.0 Å². The summed E-state index contributed by atoms with van der Waals surface area (Å²) >= 11 is 0. The smallest absolute Gasteiger partial charge is 0.225 e. The molecule has 7 heteroatoms. The lowest BCUT2D eigenvalue weighted by molar-refractivity contribution is -0.139. The molecule has 4 atom stereocenters. The fourth-order valence-corrected chi connectivity index (χ4v) is 2.30. The molecule has 0 aromatic rings. The van der Waals surface area contributed by atoms with Crippen LogP contribution in [-0.2, 0) is 14.3 Å². The maximum absolute atomic E-state index is 12.0. The van der Waals surface area contributed by atoms with E-state index >= 15 is 0 Å². The van der Waals surface area contributed by atoms with Crippen LogP contribution in [0.5, 0.6) is 0 Å². The number of rotatable bonds is 3. The van der Waals surface area contributed by atoms with Crippen LogP contribution in [-0.4, -0.2) is 78.3 Å². The van der Waals surface area contributed by atoms with E-state index in [4.69, 9.17) is 15.2 Å². The molecule has 2 heterocycles. The third-order valence-corrected chi connectivity index (χ3v) is 3.43. The van der Waals surface area contributed by atoms with Gasteiger partial charge in [-0.1, -0.05) is 0 Å². The van der Waals surface area contributed by atoms with E-state index in [1.807, 2.05) is 0 Å². The first-order valence-corrected chi connectivity index (χ1v) is 6.20. The number of nitrogens with two attached hydrogens (primary N) is 1. The van der Waals surface area contributed by atoms with Crippen LogP contribution in [0.4, 0.5) is 0 Å². The van der Waals surface area contributed by atoms with Crippen molar-refractivity contribution in [3.8, 4) is 0 Å². The van der Waals surface area contributed by atoms with Gasteiger partial charge in [0.1, 0.15) is 12.2 Å². The molecule has 2 rings (SSSR count). The van der Waals surface area contributed by atoms with Gasteiger partial charge in [0.05, 0.1) is 31.8 Å². The largest absolute Gasteiger partial charge is 0.388 e. The minimum atomic E-state index is -1.05. The van der Waals surface area contributed by atoms with Gasteiger partial charge < -0.3 is 30.3 Å². The zero-order valence-electron chi connectivity index (χ0n) is 10.2. The van der Waals surface area contributed by atoms with Crippen molar-refractivity contribution in [3.05, 3.63) is 0 Å². The van der Waals surface area contributed by atoms with Gasteiger partial charge in [-0.25, -0.2) is 0 Å². The summed E-state index contributed by atoms with van der Waals surface area (Å²) in [6.45, 7) is 2.32. The quantitative estimate of drug-likeness (QED) is 0.526. The summed E-state index contributed by atoms with van der Waals surface area (Å²) in [7, 11) is 0. The highest BCUT2D eigenvalue weighted by molar-refractivity contribution is 5.77. The zero-order chi connectivity index (χ0) is 13.1. The number of aliphatic hydroxyl groups excluding tert-OH is 2. The second-order valence-electron chi connectivity index (χ2n) is 4.63. The van der Waals surface area contributed by atoms with Crippen molar-refractivity contribution < 1.29 is 24.5 Å². The van der Waals surface area contributed by atoms with Crippen LogP contribution in [0.25, 0.3) is 0 Å². The fraction of sp³-hybridized carbons (Fsp3) is 0.909. The van der Waals surface area contributed by atoms with Gasteiger partial charge in [-0.2, -0.15) is 0 Å². The van der Waals surface area contributed by atoms with Crippen molar-refractivity contribution in [1.82, 2.24) is 4.90 Å². The third kappa shape index (κ3) is 2.81. The van der Waals surface area contributed by atoms with Crippen molar-refractivity contribution in [2.24, 2.45) is 5.73 Å². The summed E-state index contributed by atoms with van der Waals surface area (Å²) in [5, 5.41) is 19.4. The van der Waals surface area contributed by atoms with Gasteiger partial charge >= 0.3 is 0 Å². The highest BCUT2D eigenvalue weighted by atomic mass is 16.5. The summed E-state index contributed by atoms with van der Waals surface area (Å²) in [6, 6.07) is 0. The Morgan fingerprint density at radius 1 is 1.22 bits per heavy atom. The van der Waals surface area contributed by atoms with Crippen molar-refractivity contribution in [2.45, 2.75) is 30.8 Å². The molecular formula is C11H20N2O5. The Bertz CT molecular complexity index is 295. The van der Waals surface area contributed by atoms with Crippen LogP contribution < -0.4 is 5.73 Å². The molecule has 0 saturated carbocycles. The molecule has 4 N–H and O–H groups in total. The van der Waals surface area contributed by atoms with Crippen LogP contribution in [0.2, 0.25) is 0 Å². The Balaban J connectivity index is 1.87. The molecule has 0 unspecified atom stereocenters. The molecule has 0 aromatic carbocycles. The lowest BCUT2D eigenvalue weighted by Gasteiger charge is -2.28. The number of amides is 1. The predicted molar refractivity (Wildman–Crippen MR) is 61.7 cm³/mol. The second kappa shape index (κ2) is 5.94. The van der Waals surface area contributed by atoms with Crippen LogP contribution in [0.15, 0.2) is 0 Å². The first-order chi connectivity index (χ1) is 8.63. The van der Waals surface area contributed by atoms with Crippen LogP contribution in [0.1, 0.15) is 6.42 Å². The van der Waals surface area contributed by atoms with E-state index in [2.05, 4.69) is 0 Å². The topological polar surface area (TPSA) is 105 Å². The molecule has 0 aliphatic carbocycles.